The summed E-state index contributed by atoms with van der Waals surface area (Å²) >= 11 is 6.04. The largest absolute Gasteiger partial charge is 0.381 e. The van der Waals surface area contributed by atoms with Crippen LogP contribution < -0.4 is 4.90 Å². The van der Waals surface area contributed by atoms with Gasteiger partial charge in [-0.15, -0.1) is 4.21 Å². The van der Waals surface area contributed by atoms with Crippen molar-refractivity contribution in [3.63, 3.8) is 0 Å². The first-order chi connectivity index (χ1) is 10.7. The van der Waals surface area contributed by atoms with Crippen LogP contribution in [0, 0.1) is 0 Å². The Kier molecular flexibility index (Phi) is 5.62. The van der Waals surface area contributed by atoms with Crippen LogP contribution in [0.25, 0.3) is 0 Å². The summed E-state index contributed by atoms with van der Waals surface area (Å²) in [6, 6.07) is 1.91. The molecule has 0 radical (unpaired) electrons. The second-order valence-corrected chi connectivity index (χ2v) is 7.72. The van der Waals surface area contributed by atoms with E-state index in [-0.39, 0.29) is 10.5 Å². The summed E-state index contributed by atoms with van der Waals surface area (Å²) < 4.78 is 23.2. The number of hydrogen-bond acceptors (Lipinski definition) is 6. The number of rotatable bonds is 4. The fraction of sp³-hybridized carbons (Fsp3) is 0.714. The van der Waals surface area contributed by atoms with Crippen LogP contribution in [-0.2, 0) is 30.2 Å². The van der Waals surface area contributed by atoms with E-state index in [0.29, 0.717) is 32.2 Å². The van der Waals surface area contributed by atoms with Gasteiger partial charge in [-0.05, 0) is 11.6 Å². The van der Waals surface area contributed by atoms with Gasteiger partial charge < -0.3 is 14.4 Å². The highest BCUT2D eigenvalue weighted by Crippen LogP contribution is 2.20. The van der Waals surface area contributed by atoms with Gasteiger partial charge in [0.1, 0.15) is 11.1 Å². The predicted octanol–water partition coefficient (Wildman–Crippen LogP) is 1.34. The molecule has 0 saturated carbocycles. The first-order valence-electron chi connectivity index (χ1n) is 7.60. The van der Waals surface area contributed by atoms with Crippen molar-refractivity contribution in [2.24, 2.45) is 0 Å². The Bertz CT molecular complexity index is 534. The summed E-state index contributed by atoms with van der Waals surface area (Å²) in [6.45, 7) is 4.36. The quantitative estimate of drug-likeness (QED) is 0.466. The molecule has 2 fully saturated rings. The van der Waals surface area contributed by atoms with Crippen molar-refractivity contribution in [2.75, 3.05) is 44.4 Å². The molecule has 3 heterocycles. The smallest absolute Gasteiger partial charge is 0.224 e. The van der Waals surface area contributed by atoms with Gasteiger partial charge in [0.2, 0.25) is 5.28 Å². The Hall–Kier alpha value is -0.760. The van der Waals surface area contributed by atoms with E-state index < -0.39 is 10.8 Å². The van der Waals surface area contributed by atoms with Gasteiger partial charge >= 0.3 is 0 Å². The van der Waals surface area contributed by atoms with E-state index in [2.05, 4.69) is 14.9 Å². The zero-order chi connectivity index (χ0) is 15.4. The maximum absolute atomic E-state index is 12.5. The second kappa shape index (κ2) is 7.68. The molecule has 1 aromatic rings. The van der Waals surface area contributed by atoms with Gasteiger partial charge in [0, 0.05) is 32.0 Å². The third-order valence-corrected chi connectivity index (χ3v) is 6.13. The predicted molar refractivity (Wildman–Crippen MR) is 87.1 cm³/mol. The van der Waals surface area contributed by atoms with Crippen molar-refractivity contribution < 1.29 is 13.7 Å². The molecule has 22 heavy (non-hydrogen) atoms. The first-order valence-corrected chi connectivity index (χ1v) is 9.49. The molecule has 6 nitrogen and oxygen atoms in total. The lowest BCUT2D eigenvalue weighted by Crippen LogP contribution is -2.37. The molecule has 2 aliphatic rings. The topological polar surface area (TPSA) is 64.6 Å². The molecule has 0 aliphatic carbocycles. The minimum absolute atomic E-state index is 0.217. The lowest BCUT2D eigenvalue weighted by atomic mass is 10.2. The van der Waals surface area contributed by atoms with Crippen molar-refractivity contribution in [1.82, 2.24) is 9.97 Å². The number of aromatic nitrogens is 2. The number of halogens is 1. The third-order valence-electron chi connectivity index (χ3n) is 3.99. The second-order valence-electron chi connectivity index (χ2n) is 5.50. The molecule has 0 bridgehead atoms. The summed E-state index contributed by atoms with van der Waals surface area (Å²) in [6.07, 6.45) is 1.73. The van der Waals surface area contributed by atoms with Crippen LogP contribution in [0.3, 0.4) is 0 Å². The van der Waals surface area contributed by atoms with Crippen molar-refractivity contribution in [1.29, 1.82) is 0 Å². The molecule has 122 valence electrons. The molecule has 2 saturated heterocycles. The van der Waals surface area contributed by atoms with Crippen LogP contribution in [0.5, 0.6) is 0 Å². The summed E-state index contributed by atoms with van der Waals surface area (Å²) in [5, 5.41) is 0.443. The van der Waals surface area contributed by atoms with E-state index in [1.54, 1.807) is 0 Å². The monoisotopic (exact) mass is 346 g/mol. The molecule has 0 spiro atoms. The molecule has 1 aromatic heterocycles. The minimum atomic E-state index is -1.34. The number of ether oxygens (including phenoxy) is 2. The van der Waals surface area contributed by atoms with Gasteiger partial charge in [0.25, 0.3) is 0 Å². The summed E-state index contributed by atoms with van der Waals surface area (Å²) in [7, 11) is -1.34. The van der Waals surface area contributed by atoms with Gasteiger partial charge in [-0.1, -0.05) is 0 Å². The number of nitrogens with zero attached hydrogens (tertiary/aromatic N) is 3. The Morgan fingerprint density at radius 3 is 2.59 bits per heavy atom. The molecule has 0 amide bonds. The van der Waals surface area contributed by atoms with Crippen LogP contribution >= 0.6 is 11.6 Å². The van der Waals surface area contributed by atoms with Crippen LogP contribution in [0.2, 0.25) is 5.28 Å². The van der Waals surface area contributed by atoms with Gasteiger partial charge in [-0.2, -0.15) is 0 Å². The zero-order valence-corrected chi connectivity index (χ0v) is 14.1. The van der Waals surface area contributed by atoms with Gasteiger partial charge in [-0.25, -0.2) is 9.97 Å². The van der Waals surface area contributed by atoms with E-state index in [1.807, 2.05) is 6.07 Å². The SMILES string of the molecule is O=[SH+](Cc1cc(N2CCOCC2)nc(Cl)n1)C1CCOCC1. The average Bonchev–Trinajstić information content (AvgIpc) is 2.56. The zero-order valence-electron chi connectivity index (χ0n) is 12.4. The number of anilines is 1. The Labute approximate surface area is 137 Å². The van der Waals surface area contributed by atoms with E-state index in [4.69, 9.17) is 21.1 Å². The third kappa shape index (κ3) is 4.16. The van der Waals surface area contributed by atoms with Crippen molar-refractivity contribution >= 4 is 28.2 Å². The van der Waals surface area contributed by atoms with E-state index in [0.717, 1.165) is 37.4 Å². The Morgan fingerprint density at radius 1 is 1.18 bits per heavy atom. The van der Waals surface area contributed by atoms with E-state index in [1.165, 1.54) is 0 Å². The number of morpholine rings is 1. The maximum Gasteiger partial charge on any atom is 0.224 e. The molecule has 2 aliphatic heterocycles. The van der Waals surface area contributed by atoms with Crippen LogP contribution in [0.4, 0.5) is 5.82 Å². The van der Waals surface area contributed by atoms with Crippen molar-refractivity contribution in [3.8, 4) is 0 Å². The first kappa shape index (κ1) is 16.1. The van der Waals surface area contributed by atoms with E-state index >= 15 is 0 Å². The Morgan fingerprint density at radius 2 is 1.86 bits per heavy atom. The van der Waals surface area contributed by atoms with Crippen LogP contribution in [-0.4, -0.2) is 54.7 Å². The molecule has 0 N–H and O–H groups in total. The van der Waals surface area contributed by atoms with Gasteiger partial charge in [0.15, 0.2) is 5.75 Å². The molecule has 0 aromatic carbocycles. The summed E-state index contributed by atoms with van der Waals surface area (Å²) in [4.78, 5) is 10.7. The van der Waals surface area contributed by atoms with E-state index in [9.17, 15) is 4.21 Å². The lowest BCUT2D eigenvalue weighted by molar-refractivity contribution is 0.0990. The normalized spacial score (nSPS) is 21.8. The van der Waals surface area contributed by atoms with Gasteiger partial charge in [0.05, 0.1) is 42.9 Å². The van der Waals surface area contributed by atoms with Crippen molar-refractivity contribution in [3.05, 3.63) is 17.0 Å². The van der Waals surface area contributed by atoms with Crippen LogP contribution in [0.15, 0.2) is 6.07 Å². The summed E-state index contributed by atoms with van der Waals surface area (Å²) in [5.41, 5.74) is 0.758. The fourth-order valence-corrected chi connectivity index (χ4v) is 4.47. The van der Waals surface area contributed by atoms with Crippen molar-refractivity contribution in [2.45, 2.75) is 23.8 Å². The molecule has 1 unspecified atom stereocenters. The minimum Gasteiger partial charge on any atom is -0.381 e. The average molecular weight is 347 g/mol. The highest BCUT2D eigenvalue weighted by atomic mass is 35.5. The summed E-state index contributed by atoms with van der Waals surface area (Å²) in [5.74, 6) is 1.26. The highest BCUT2D eigenvalue weighted by molar-refractivity contribution is 7.84. The number of thiol groups is 1. The Balaban J connectivity index is 1.70. The molecule has 1 atom stereocenters. The highest BCUT2D eigenvalue weighted by Gasteiger charge is 2.26. The van der Waals surface area contributed by atoms with Crippen LogP contribution in [0.1, 0.15) is 18.5 Å². The lowest BCUT2D eigenvalue weighted by Gasteiger charge is -2.27. The maximum atomic E-state index is 12.5. The fourth-order valence-electron chi connectivity index (χ4n) is 2.75. The number of hydrogen-bond donors (Lipinski definition) is 0. The van der Waals surface area contributed by atoms with Gasteiger partial charge in [-0.3, -0.25) is 0 Å². The molecular formula is C14H21ClN3O3S+. The molecule has 8 heteroatoms. The molecule has 3 rings (SSSR count). The molecular weight excluding hydrogens is 326 g/mol. The standard InChI is InChI=1S/C14H20ClN3O3S/c15-14-16-11(10-22(19)12-1-5-20-6-2-12)9-13(17-14)18-3-7-21-8-4-18/h9,12H,1-8,10H2/p+1.